The van der Waals surface area contributed by atoms with E-state index in [-0.39, 0.29) is 0 Å². The third-order valence-electron chi connectivity index (χ3n) is 4.08. The molecule has 1 aliphatic rings. The van der Waals surface area contributed by atoms with Crippen LogP contribution in [0.5, 0.6) is 0 Å². The number of likely N-dealkylation sites (tertiary alicyclic amines) is 1. The zero-order valence-corrected chi connectivity index (χ0v) is 12.5. The lowest BCUT2D eigenvalue weighted by atomic mass is 9.83. The number of nitrogens with zero attached hydrogens (tertiary/aromatic N) is 1. The zero-order valence-electron chi connectivity index (χ0n) is 12.5. The van der Waals surface area contributed by atoms with Gasteiger partial charge in [-0.2, -0.15) is 0 Å². The first kappa shape index (κ1) is 15.0. The molecule has 2 heteroatoms. The molecule has 1 saturated heterocycles. The Balaban J connectivity index is 2.54. The van der Waals surface area contributed by atoms with Crippen LogP contribution in [0, 0.1) is 11.3 Å². The van der Waals surface area contributed by atoms with E-state index in [4.69, 9.17) is 5.73 Å². The minimum absolute atomic E-state index is 0.395. The van der Waals surface area contributed by atoms with Crippen LogP contribution >= 0.6 is 0 Å². The van der Waals surface area contributed by atoms with E-state index < -0.39 is 0 Å². The summed E-state index contributed by atoms with van der Waals surface area (Å²) in [5, 5.41) is 0. The Hall–Kier alpha value is -0.0800. The van der Waals surface area contributed by atoms with Gasteiger partial charge in [0.2, 0.25) is 0 Å². The van der Waals surface area contributed by atoms with Crippen molar-refractivity contribution in [3.63, 3.8) is 0 Å². The van der Waals surface area contributed by atoms with E-state index in [0.29, 0.717) is 11.3 Å². The van der Waals surface area contributed by atoms with E-state index in [1.807, 2.05) is 0 Å². The van der Waals surface area contributed by atoms with Crippen LogP contribution in [-0.4, -0.2) is 30.1 Å². The molecule has 1 heterocycles. The Morgan fingerprint density at radius 3 is 2.12 bits per heavy atom. The molecular weight excluding hydrogens is 208 g/mol. The summed E-state index contributed by atoms with van der Waals surface area (Å²) in [6, 6.07) is 1.49. The minimum Gasteiger partial charge on any atom is -0.330 e. The van der Waals surface area contributed by atoms with Gasteiger partial charge in [-0.05, 0) is 51.0 Å². The van der Waals surface area contributed by atoms with Crippen molar-refractivity contribution < 1.29 is 0 Å². The maximum atomic E-state index is 5.96. The first-order valence-corrected chi connectivity index (χ1v) is 7.29. The molecule has 0 spiro atoms. The van der Waals surface area contributed by atoms with Gasteiger partial charge in [0, 0.05) is 18.6 Å². The Morgan fingerprint density at radius 2 is 1.71 bits per heavy atom. The van der Waals surface area contributed by atoms with Gasteiger partial charge in [-0.3, -0.25) is 4.90 Å². The van der Waals surface area contributed by atoms with Gasteiger partial charge in [-0.1, -0.05) is 27.2 Å². The van der Waals surface area contributed by atoms with Crippen molar-refractivity contribution in [3.8, 4) is 0 Å². The van der Waals surface area contributed by atoms with Crippen LogP contribution < -0.4 is 5.73 Å². The monoisotopic (exact) mass is 240 g/mol. The summed E-state index contributed by atoms with van der Waals surface area (Å²) in [7, 11) is 0. The van der Waals surface area contributed by atoms with Crippen molar-refractivity contribution >= 4 is 0 Å². The fourth-order valence-corrected chi connectivity index (χ4v) is 3.22. The molecule has 0 aromatic rings. The summed E-state index contributed by atoms with van der Waals surface area (Å²) in [5.41, 5.74) is 6.36. The van der Waals surface area contributed by atoms with E-state index >= 15 is 0 Å². The fraction of sp³-hybridized carbons (Fsp3) is 1.00. The van der Waals surface area contributed by atoms with Gasteiger partial charge in [0.15, 0.2) is 0 Å². The molecule has 0 radical (unpaired) electrons. The molecule has 3 unspecified atom stereocenters. The highest BCUT2D eigenvalue weighted by Gasteiger charge is 2.28. The van der Waals surface area contributed by atoms with Crippen LogP contribution in [0.1, 0.15) is 60.3 Å². The molecule has 1 fully saturated rings. The van der Waals surface area contributed by atoms with Crippen molar-refractivity contribution in [1.82, 2.24) is 4.90 Å². The summed E-state index contributed by atoms with van der Waals surface area (Å²) >= 11 is 0. The van der Waals surface area contributed by atoms with E-state index in [1.54, 1.807) is 0 Å². The molecule has 3 atom stereocenters. The topological polar surface area (TPSA) is 29.3 Å². The molecule has 1 rings (SSSR count). The minimum atomic E-state index is 0.395. The van der Waals surface area contributed by atoms with Gasteiger partial charge < -0.3 is 5.73 Å². The van der Waals surface area contributed by atoms with Gasteiger partial charge in [0.1, 0.15) is 0 Å². The Bertz CT molecular complexity index is 209. The number of hydrogen-bond acceptors (Lipinski definition) is 2. The Morgan fingerprint density at radius 1 is 1.18 bits per heavy atom. The van der Waals surface area contributed by atoms with Crippen LogP contribution in [0.3, 0.4) is 0 Å². The van der Waals surface area contributed by atoms with Crippen LogP contribution in [0.25, 0.3) is 0 Å². The van der Waals surface area contributed by atoms with E-state index in [2.05, 4.69) is 39.5 Å². The van der Waals surface area contributed by atoms with Gasteiger partial charge in [0.05, 0.1) is 0 Å². The number of hydrogen-bond donors (Lipinski definition) is 1. The third kappa shape index (κ3) is 4.97. The molecule has 0 aromatic heterocycles. The summed E-state index contributed by atoms with van der Waals surface area (Å²) < 4.78 is 0. The molecule has 17 heavy (non-hydrogen) atoms. The molecule has 2 N–H and O–H groups in total. The first-order valence-electron chi connectivity index (χ1n) is 7.29. The lowest BCUT2D eigenvalue weighted by Crippen LogP contribution is -2.47. The molecule has 0 aliphatic carbocycles. The van der Waals surface area contributed by atoms with Crippen molar-refractivity contribution in [1.29, 1.82) is 0 Å². The molecule has 0 amide bonds. The first-order chi connectivity index (χ1) is 7.83. The largest absolute Gasteiger partial charge is 0.330 e. The summed E-state index contributed by atoms with van der Waals surface area (Å²) in [5.74, 6) is 0.651. The highest BCUT2D eigenvalue weighted by Crippen LogP contribution is 2.28. The summed E-state index contributed by atoms with van der Waals surface area (Å²) in [4.78, 5) is 2.69. The van der Waals surface area contributed by atoms with Crippen molar-refractivity contribution in [2.75, 3.05) is 13.1 Å². The second-order valence-corrected chi connectivity index (χ2v) is 7.19. The molecule has 0 saturated carbocycles. The third-order valence-corrected chi connectivity index (χ3v) is 4.08. The normalized spacial score (nSPS) is 29.3. The summed E-state index contributed by atoms with van der Waals surface area (Å²) in [6.45, 7) is 13.7. The lowest BCUT2D eigenvalue weighted by molar-refractivity contribution is 0.0759. The molecule has 1 aliphatic heterocycles. The lowest BCUT2D eigenvalue weighted by Gasteiger charge is -2.41. The summed E-state index contributed by atoms with van der Waals surface area (Å²) in [6.07, 6.45) is 5.35. The molecular formula is C15H32N2. The predicted molar refractivity (Wildman–Crippen MR) is 76.1 cm³/mol. The highest BCUT2D eigenvalue weighted by atomic mass is 15.2. The number of nitrogens with two attached hydrogens (primary N) is 1. The van der Waals surface area contributed by atoms with Crippen LogP contribution in [0.15, 0.2) is 0 Å². The van der Waals surface area contributed by atoms with Crippen molar-refractivity contribution in [2.24, 2.45) is 17.1 Å². The second-order valence-electron chi connectivity index (χ2n) is 7.19. The molecule has 102 valence electrons. The standard InChI is InChI=1S/C15H32N2/c1-12-7-6-8-13(2)17(12)11-14(10-16)9-15(3,4)5/h12-14H,6-11,16H2,1-5H3. The van der Waals surface area contributed by atoms with E-state index in [9.17, 15) is 0 Å². The van der Waals surface area contributed by atoms with Crippen molar-refractivity contribution in [3.05, 3.63) is 0 Å². The van der Waals surface area contributed by atoms with Crippen LogP contribution in [0.2, 0.25) is 0 Å². The zero-order chi connectivity index (χ0) is 13.1. The number of piperidine rings is 1. The van der Waals surface area contributed by atoms with Gasteiger partial charge in [-0.15, -0.1) is 0 Å². The van der Waals surface area contributed by atoms with E-state index in [0.717, 1.165) is 18.6 Å². The molecule has 2 nitrogen and oxygen atoms in total. The quantitative estimate of drug-likeness (QED) is 0.817. The molecule has 0 bridgehead atoms. The molecule has 0 aromatic carbocycles. The maximum absolute atomic E-state index is 5.96. The second kappa shape index (κ2) is 6.19. The Kier molecular flexibility index (Phi) is 5.46. The average molecular weight is 240 g/mol. The SMILES string of the molecule is CC1CCCC(C)N1CC(CN)CC(C)(C)C. The highest BCUT2D eigenvalue weighted by molar-refractivity contribution is 4.83. The smallest absolute Gasteiger partial charge is 0.00698 e. The maximum Gasteiger partial charge on any atom is 0.00698 e. The van der Waals surface area contributed by atoms with Gasteiger partial charge >= 0.3 is 0 Å². The predicted octanol–water partition coefficient (Wildman–Crippen LogP) is 3.26. The number of rotatable bonds is 4. The van der Waals surface area contributed by atoms with Crippen LogP contribution in [0.4, 0.5) is 0 Å². The Labute approximate surface area is 108 Å². The van der Waals surface area contributed by atoms with Crippen molar-refractivity contribution in [2.45, 2.75) is 72.4 Å². The fourth-order valence-electron chi connectivity index (χ4n) is 3.22. The van der Waals surface area contributed by atoms with E-state index in [1.165, 1.54) is 32.2 Å². The van der Waals surface area contributed by atoms with Crippen LogP contribution in [-0.2, 0) is 0 Å². The van der Waals surface area contributed by atoms with Gasteiger partial charge in [0.25, 0.3) is 0 Å². The van der Waals surface area contributed by atoms with Gasteiger partial charge in [-0.25, -0.2) is 0 Å². The average Bonchev–Trinajstić information content (AvgIpc) is 2.20.